The topological polar surface area (TPSA) is 61.4 Å². The molecule has 0 saturated carbocycles. The van der Waals surface area contributed by atoms with Gasteiger partial charge in [-0.05, 0) is 20.4 Å². The van der Waals surface area contributed by atoms with E-state index in [4.69, 9.17) is 0 Å². The summed E-state index contributed by atoms with van der Waals surface area (Å²) in [5.41, 5.74) is 0. The van der Waals surface area contributed by atoms with Crippen molar-refractivity contribution in [2.45, 2.75) is 33.2 Å². The first-order valence-corrected chi connectivity index (χ1v) is 5.71. The first-order valence-electron chi connectivity index (χ1n) is 5.71. The second kappa shape index (κ2) is 8.10. The average molecular weight is 229 g/mol. The minimum absolute atomic E-state index is 0.0140. The van der Waals surface area contributed by atoms with Gasteiger partial charge >= 0.3 is 0 Å². The van der Waals surface area contributed by atoms with E-state index < -0.39 is 0 Å². The van der Waals surface area contributed by atoms with E-state index in [-0.39, 0.29) is 24.4 Å². The van der Waals surface area contributed by atoms with Gasteiger partial charge in [0.25, 0.3) is 0 Å². The molecule has 94 valence electrons. The fourth-order valence-corrected chi connectivity index (χ4v) is 1.23. The molecule has 0 fully saturated rings. The van der Waals surface area contributed by atoms with Crippen LogP contribution in [0, 0.1) is 0 Å². The fraction of sp³-hybridized carbons (Fsp3) is 0.818. The summed E-state index contributed by atoms with van der Waals surface area (Å²) in [6, 6.07) is 0.109. The second-order valence-electron chi connectivity index (χ2n) is 4.08. The zero-order valence-electron chi connectivity index (χ0n) is 10.7. The van der Waals surface area contributed by atoms with Crippen LogP contribution in [-0.4, -0.2) is 49.4 Å². The van der Waals surface area contributed by atoms with Crippen molar-refractivity contribution in [1.82, 2.24) is 15.5 Å². The summed E-state index contributed by atoms with van der Waals surface area (Å²) in [5, 5.41) is 5.82. The van der Waals surface area contributed by atoms with Gasteiger partial charge in [-0.15, -0.1) is 0 Å². The molecule has 0 radical (unpaired) electrons. The molecule has 0 aliphatic rings. The smallest absolute Gasteiger partial charge is 0.239 e. The van der Waals surface area contributed by atoms with Gasteiger partial charge in [-0.2, -0.15) is 0 Å². The molecule has 0 aromatic heterocycles. The second-order valence-corrected chi connectivity index (χ2v) is 4.08. The number of carbonyl (C=O) groups is 2. The molecule has 16 heavy (non-hydrogen) atoms. The summed E-state index contributed by atoms with van der Waals surface area (Å²) in [7, 11) is 1.65. The monoisotopic (exact) mass is 229 g/mol. The third-order valence-corrected chi connectivity index (χ3v) is 2.02. The summed E-state index contributed by atoms with van der Waals surface area (Å²) in [6.45, 7) is 7.42. The zero-order valence-corrected chi connectivity index (χ0v) is 10.7. The van der Waals surface area contributed by atoms with Crippen molar-refractivity contribution in [1.29, 1.82) is 0 Å². The Balaban J connectivity index is 3.81. The first-order chi connectivity index (χ1) is 7.47. The van der Waals surface area contributed by atoms with Crippen LogP contribution in [0.2, 0.25) is 0 Å². The normalized spacial score (nSPS) is 10.3. The Morgan fingerprint density at radius 3 is 2.44 bits per heavy atom. The van der Waals surface area contributed by atoms with Gasteiger partial charge in [0, 0.05) is 26.1 Å². The van der Waals surface area contributed by atoms with Crippen LogP contribution in [0.15, 0.2) is 0 Å². The van der Waals surface area contributed by atoms with Crippen LogP contribution in [0.3, 0.4) is 0 Å². The summed E-state index contributed by atoms with van der Waals surface area (Å²) < 4.78 is 0. The van der Waals surface area contributed by atoms with Gasteiger partial charge in [-0.25, -0.2) is 0 Å². The Kier molecular flexibility index (Phi) is 7.54. The van der Waals surface area contributed by atoms with Crippen LogP contribution in [-0.2, 0) is 9.59 Å². The Labute approximate surface area is 97.6 Å². The SMILES string of the molecule is CCNCCC(=O)N(C)CC(=O)NC(C)C. The molecule has 0 heterocycles. The van der Waals surface area contributed by atoms with Gasteiger partial charge in [0.05, 0.1) is 6.54 Å². The van der Waals surface area contributed by atoms with Crippen LogP contribution >= 0.6 is 0 Å². The largest absolute Gasteiger partial charge is 0.352 e. The number of carbonyl (C=O) groups excluding carboxylic acids is 2. The maximum absolute atomic E-state index is 11.5. The Morgan fingerprint density at radius 1 is 1.31 bits per heavy atom. The molecule has 2 amide bonds. The standard InChI is InChI=1S/C11H23N3O2/c1-5-12-7-6-11(16)14(4)8-10(15)13-9(2)3/h9,12H,5-8H2,1-4H3,(H,13,15). The number of hydrogen-bond acceptors (Lipinski definition) is 3. The minimum atomic E-state index is -0.116. The van der Waals surface area contributed by atoms with E-state index in [0.717, 1.165) is 6.54 Å². The highest BCUT2D eigenvalue weighted by atomic mass is 16.2. The van der Waals surface area contributed by atoms with E-state index in [1.54, 1.807) is 7.05 Å². The molecule has 0 spiro atoms. The summed E-state index contributed by atoms with van der Waals surface area (Å²) in [4.78, 5) is 24.4. The lowest BCUT2D eigenvalue weighted by molar-refractivity contribution is -0.134. The molecule has 0 atom stereocenters. The molecule has 5 nitrogen and oxygen atoms in total. The molecule has 0 aliphatic carbocycles. The van der Waals surface area contributed by atoms with Gasteiger partial charge in [0.15, 0.2) is 0 Å². The number of nitrogens with zero attached hydrogens (tertiary/aromatic N) is 1. The van der Waals surface area contributed by atoms with Gasteiger partial charge in [0.1, 0.15) is 0 Å². The molecule has 0 bridgehead atoms. The lowest BCUT2D eigenvalue weighted by Crippen LogP contribution is -2.41. The quantitative estimate of drug-likeness (QED) is 0.603. The number of nitrogens with one attached hydrogen (secondary N) is 2. The van der Waals surface area contributed by atoms with Crippen LogP contribution in [0.4, 0.5) is 0 Å². The van der Waals surface area contributed by atoms with E-state index >= 15 is 0 Å². The molecule has 0 aromatic carbocycles. The average Bonchev–Trinajstić information content (AvgIpc) is 2.16. The predicted molar refractivity (Wildman–Crippen MR) is 64.1 cm³/mol. The van der Waals surface area contributed by atoms with Gasteiger partial charge in [0.2, 0.25) is 11.8 Å². The van der Waals surface area contributed by atoms with E-state index in [1.165, 1.54) is 4.90 Å². The minimum Gasteiger partial charge on any atom is -0.352 e. The van der Waals surface area contributed by atoms with Crippen molar-refractivity contribution in [3.05, 3.63) is 0 Å². The first kappa shape index (κ1) is 14.9. The highest BCUT2D eigenvalue weighted by Gasteiger charge is 2.12. The van der Waals surface area contributed by atoms with Crippen LogP contribution < -0.4 is 10.6 Å². The lowest BCUT2D eigenvalue weighted by Gasteiger charge is -2.17. The van der Waals surface area contributed by atoms with Crippen molar-refractivity contribution < 1.29 is 9.59 Å². The molecule has 0 saturated heterocycles. The van der Waals surface area contributed by atoms with Gasteiger partial charge in [-0.1, -0.05) is 6.92 Å². The Hall–Kier alpha value is -1.10. The van der Waals surface area contributed by atoms with Crippen molar-refractivity contribution >= 4 is 11.8 Å². The van der Waals surface area contributed by atoms with Crippen molar-refractivity contribution in [3.8, 4) is 0 Å². The fourth-order valence-electron chi connectivity index (χ4n) is 1.23. The van der Waals surface area contributed by atoms with E-state index in [0.29, 0.717) is 13.0 Å². The van der Waals surface area contributed by atoms with Crippen molar-refractivity contribution in [2.75, 3.05) is 26.7 Å². The number of likely N-dealkylation sites (N-methyl/N-ethyl adjacent to an activating group) is 1. The maximum Gasteiger partial charge on any atom is 0.239 e. The molecule has 0 rings (SSSR count). The molecule has 5 heteroatoms. The van der Waals surface area contributed by atoms with Crippen LogP contribution in [0.1, 0.15) is 27.2 Å². The van der Waals surface area contributed by atoms with Crippen molar-refractivity contribution in [3.63, 3.8) is 0 Å². The number of amides is 2. The lowest BCUT2D eigenvalue weighted by atomic mass is 10.3. The molecule has 0 aromatic rings. The number of rotatable bonds is 7. The zero-order chi connectivity index (χ0) is 12.6. The van der Waals surface area contributed by atoms with Gasteiger partial charge in [-0.3, -0.25) is 9.59 Å². The van der Waals surface area contributed by atoms with Crippen LogP contribution in [0.5, 0.6) is 0 Å². The molecular weight excluding hydrogens is 206 g/mol. The van der Waals surface area contributed by atoms with E-state index in [1.807, 2.05) is 20.8 Å². The third kappa shape index (κ3) is 7.23. The molecule has 0 unspecified atom stereocenters. The van der Waals surface area contributed by atoms with Crippen molar-refractivity contribution in [2.24, 2.45) is 0 Å². The molecule has 0 aliphatic heterocycles. The molecular formula is C11H23N3O2. The summed E-state index contributed by atoms with van der Waals surface area (Å²) in [6.07, 6.45) is 0.430. The number of hydrogen-bond donors (Lipinski definition) is 2. The van der Waals surface area contributed by atoms with E-state index in [9.17, 15) is 9.59 Å². The molecule has 2 N–H and O–H groups in total. The predicted octanol–water partition coefficient (Wildman–Crippen LogP) is -0.0310. The van der Waals surface area contributed by atoms with Crippen LogP contribution in [0.25, 0.3) is 0 Å². The highest BCUT2D eigenvalue weighted by molar-refractivity contribution is 5.84. The summed E-state index contributed by atoms with van der Waals surface area (Å²) >= 11 is 0. The van der Waals surface area contributed by atoms with Gasteiger partial charge < -0.3 is 15.5 Å². The summed E-state index contributed by atoms with van der Waals surface area (Å²) in [5.74, 6) is -0.130. The highest BCUT2D eigenvalue weighted by Crippen LogP contribution is 1.90. The van der Waals surface area contributed by atoms with E-state index in [2.05, 4.69) is 10.6 Å². The maximum atomic E-state index is 11.5. The Morgan fingerprint density at radius 2 is 1.94 bits per heavy atom. The third-order valence-electron chi connectivity index (χ3n) is 2.02. The Bertz CT molecular complexity index is 229.